The van der Waals surface area contributed by atoms with E-state index in [4.69, 9.17) is 9.47 Å². The summed E-state index contributed by atoms with van der Waals surface area (Å²) < 4.78 is 36.3. The molecule has 2 aromatic carbocycles. The molecule has 1 aromatic heterocycles. The molecule has 5 rings (SSSR count). The van der Waals surface area contributed by atoms with Crippen LogP contribution < -0.4 is 16.0 Å². The molecule has 2 aliphatic rings. The van der Waals surface area contributed by atoms with Crippen molar-refractivity contribution >= 4 is 27.6 Å². The van der Waals surface area contributed by atoms with E-state index in [-0.39, 0.29) is 68.4 Å². The van der Waals surface area contributed by atoms with E-state index >= 15 is 0 Å². The number of para-hydroxylation sites is 1. The molecule has 2 aliphatic heterocycles. The maximum atomic E-state index is 13.6. The number of aromatic nitrogens is 3. The van der Waals surface area contributed by atoms with Crippen molar-refractivity contribution < 1.29 is 32.3 Å². The molecule has 3 aromatic rings. The number of hydrogen-bond donors (Lipinski definition) is 3. The first-order valence-electron chi connectivity index (χ1n) is 15.6. The van der Waals surface area contributed by atoms with Crippen molar-refractivity contribution in [1.82, 2.24) is 35.8 Å². The summed E-state index contributed by atoms with van der Waals surface area (Å²) in [5.74, 6) is -1.09. The summed E-state index contributed by atoms with van der Waals surface area (Å²) in [7, 11) is -3.28. The molecule has 15 heteroatoms. The summed E-state index contributed by atoms with van der Waals surface area (Å²) in [5, 5.41) is 17.2. The van der Waals surface area contributed by atoms with Crippen molar-refractivity contribution in [2.24, 2.45) is 0 Å². The predicted molar refractivity (Wildman–Crippen MR) is 171 cm³/mol. The Bertz CT molecular complexity index is 1620. The number of carbonyl (C=O) groups is 3. The van der Waals surface area contributed by atoms with E-state index < -0.39 is 21.4 Å². The van der Waals surface area contributed by atoms with Crippen molar-refractivity contribution in [3.05, 3.63) is 72.1 Å². The Balaban J connectivity index is 1.28. The molecule has 2 fully saturated rings. The van der Waals surface area contributed by atoms with Crippen molar-refractivity contribution in [2.45, 2.75) is 48.7 Å². The standard InChI is InChI=1S/C32H41N7O7S/c1-47(43,44)27-9-7-24(8-10-27)21-38-14-11-32(12-15-38)20-29(40)34-28(19-25-22-39(37-36-25)26-5-3-2-4-6-26)31(42)33-13-16-45-17-18-46-23-30(41)35-32/h2-10,22,28H,11-21,23H2,1H3,(H,33,42)(H,34,40)(H,35,41). The van der Waals surface area contributed by atoms with Gasteiger partial charge in [0.05, 0.1) is 47.8 Å². The van der Waals surface area contributed by atoms with Gasteiger partial charge in [-0.05, 0) is 42.7 Å². The Labute approximate surface area is 274 Å². The molecule has 3 N–H and O–H groups in total. The number of hydrogen-bond acceptors (Lipinski definition) is 10. The van der Waals surface area contributed by atoms with Gasteiger partial charge in [-0.1, -0.05) is 35.5 Å². The first kappa shape index (κ1) is 34.2. The summed E-state index contributed by atoms with van der Waals surface area (Å²) >= 11 is 0. The van der Waals surface area contributed by atoms with Gasteiger partial charge in [-0.2, -0.15) is 0 Å². The highest BCUT2D eigenvalue weighted by atomic mass is 32.2. The van der Waals surface area contributed by atoms with Crippen LogP contribution in [0.15, 0.2) is 65.7 Å². The molecule has 3 heterocycles. The average molecular weight is 668 g/mol. The molecule has 0 aliphatic carbocycles. The predicted octanol–water partition coefficient (Wildman–Crippen LogP) is 0.402. The van der Waals surface area contributed by atoms with Crippen molar-refractivity contribution in [1.29, 1.82) is 0 Å². The van der Waals surface area contributed by atoms with Crippen LogP contribution in [0.5, 0.6) is 0 Å². The zero-order valence-electron chi connectivity index (χ0n) is 26.4. The molecule has 1 atom stereocenters. The van der Waals surface area contributed by atoms with Crippen LogP contribution in [0.4, 0.5) is 0 Å². The van der Waals surface area contributed by atoms with Gasteiger partial charge in [0.15, 0.2) is 9.84 Å². The summed E-state index contributed by atoms with van der Waals surface area (Å²) in [6.07, 6.45) is 3.96. The second kappa shape index (κ2) is 15.6. The zero-order valence-corrected chi connectivity index (χ0v) is 27.2. The quantitative estimate of drug-likeness (QED) is 0.334. The lowest BCUT2D eigenvalue weighted by Gasteiger charge is -2.42. The van der Waals surface area contributed by atoms with Crippen LogP contribution in [-0.4, -0.2) is 110 Å². The summed E-state index contributed by atoms with van der Waals surface area (Å²) in [5.41, 5.74) is 1.44. The van der Waals surface area contributed by atoms with Crippen LogP contribution in [0.2, 0.25) is 0 Å². The van der Waals surface area contributed by atoms with Crippen molar-refractivity contribution in [3.63, 3.8) is 0 Å². The third kappa shape index (κ3) is 9.91. The minimum Gasteiger partial charge on any atom is -0.377 e. The molecule has 3 amide bonds. The van der Waals surface area contributed by atoms with Crippen molar-refractivity contribution in [2.75, 3.05) is 52.3 Å². The van der Waals surface area contributed by atoms with E-state index in [1.807, 2.05) is 30.3 Å². The Kier molecular flexibility index (Phi) is 11.3. The second-order valence-corrected chi connectivity index (χ2v) is 14.0. The number of benzene rings is 2. The lowest BCUT2D eigenvalue weighted by molar-refractivity contribution is -0.133. The Morgan fingerprint density at radius 1 is 0.936 bits per heavy atom. The summed E-state index contributed by atoms with van der Waals surface area (Å²) in [4.78, 5) is 42.3. The number of nitrogens with one attached hydrogen (secondary N) is 3. The fourth-order valence-electron chi connectivity index (χ4n) is 5.74. The number of likely N-dealkylation sites (tertiary alicyclic amines) is 1. The van der Waals surface area contributed by atoms with Gasteiger partial charge in [0.1, 0.15) is 12.6 Å². The minimum atomic E-state index is -3.28. The van der Waals surface area contributed by atoms with Crippen LogP contribution in [-0.2, 0) is 46.7 Å². The number of amides is 3. The fraction of sp³-hybridized carbons (Fsp3) is 0.469. The second-order valence-electron chi connectivity index (χ2n) is 12.0. The maximum Gasteiger partial charge on any atom is 0.246 e. The topological polar surface area (TPSA) is 174 Å². The number of rotatable bonds is 6. The van der Waals surface area contributed by atoms with E-state index in [1.54, 1.807) is 35.1 Å². The monoisotopic (exact) mass is 667 g/mol. The third-order valence-electron chi connectivity index (χ3n) is 8.25. The lowest BCUT2D eigenvalue weighted by atomic mass is 9.83. The minimum absolute atomic E-state index is 0.0285. The average Bonchev–Trinajstić information content (AvgIpc) is 3.51. The molecule has 14 nitrogen and oxygen atoms in total. The van der Waals surface area contributed by atoms with Gasteiger partial charge < -0.3 is 25.4 Å². The van der Waals surface area contributed by atoms with Gasteiger partial charge in [0.25, 0.3) is 0 Å². The number of piperidine rings is 1. The van der Waals surface area contributed by atoms with Crippen molar-refractivity contribution in [3.8, 4) is 5.69 Å². The lowest BCUT2D eigenvalue weighted by Crippen LogP contribution is -2.59. The molecule has 2 saturated heterocycles. The Morgan fingerprint density at radius 3 is 2.38 bits per heavy atom. The number of sulfone groups is 1. The van der Waals surface area contributed by atoms with Crippen LogP contribution in [0.25, 0.3) is 5.69 Å². The Hall–Kier alpha value is -4.18. The fourth-order valence-corrected chi connectivity index (χ4v) is 6.37. The highest BCUT2D eigenvalue weighted by Crippen LogP contribution is 2.27. The van der Waals surface area contributed by atoms with Gasteiger partial charge >= 0.3 is 0 Å². The van der Waals surface area contributed by atoms with Crippen LogP contribution in [0.3, 0.4) is 0 Å². The SMILES string of the molecule is CS(=O)(=O)c1ccc(CN2CCC3(CC2)CC(=O)NC(Cc2cn(-c4ccccc4)nn2)C(=O)NCCOCCOCC(=O)N3)cc1. The van der Waals surface area contributed by atoms with E-state index in [0.29, 0.717) is 38.2 Å². The van der Waals surface area contributed by atoms with E-state index in [9.17, 15) is 22.8 Å². The Morgan fingerprint density at radius 2 is 1.66 bits per heavy atom. The van der Waals surface area contributed by atoms with Crippen LogP contribution in [0, 0.1) is 0 Å². The van der Waals surface area contributed by atoms with E-state index in [1.165, 1.54) is 6.26 Å². The molecule has 47 heavy (non-hydrogen) atoms. The first-order chi connectivity index (χ1) is 22.6. The number of ether oxygens (including phenoxy) is 2. The number of carbonyl (C=O) groups excluding carboxylic acids is 3. The molecular formula is C32H41N7O7S. The molecule has 252 valence electrons. The molecule has 1 unspecified atom stereocenters. The molecule has 0 saturated carbocycles. The third-order valence-corrected chi connectivity index (χ3v) is 9.38. The number of nitrogens with zero attached hydrogens (tertiary/aromatic N) is 4. The normalized spacial score (nSPS) is 20.7. The highest BCUT2D eigenvalue weighted by Gasteiger charge is 2.39. The smallest absolute Gasteiger partial charge is 0.246 e. The summed E-state index contributed by atoms with van der Waals surface area (Å²) in [6.45, 7) is 2.55. The summed E-state index contributed by atoms with van der Waals surface area (Å²) in [6, 6.07) is 15.3. The van der Waals surface area contributed by atoms with E-state index in [2.05, 4.69) is 31.2 Å². The maximum absolute atomic E-state index is 13.6. The van der Waals surface area contributed by atoms with Gasteiger partial charge in [-0.3, -0.25) is 19.3 Å². The van der Waals surface area contributed by atoms with E-state index in [0.717, 1.165) is 11.3 Å². The van der Waals surface area contributed by atoms with Gasteiger partial charge in [0, 0.05) is 45.3 Å². The van der Waals surface area contributed by atoms with Crippen LogP contribution in [0.1, 0.15) is 30.5 Å². The van der Waals surface area contributed by atoms with Gasteiger partial charge in [-0.25, -0.2) is 13.1 Å². The molecule has 1 spiro atoms. The largest absolute Gasteiger partial charge is 0.377 e. The molecular weight excluding hydrogens is 626 g/mol. The molecule has 0 radical (unpaired) electrons. The first-order valence-corrected chi connectivity index (χ1v) is 17.5. The zero-order chi connectivity index (χ0) is 33.3. The highest BCUT2D eigenvalue weighted by molar-refractivity contribution is 7.90. The molecule has 0 bridgehead atoms. The van der Waals surface area contributed by atoms with Gasteiger partial charge in [0.2, 0.25) is 17.7 Å². The van der Waals surface area contributed by atoms with Gasteiger partial charge in [-0.15, -0.1) is 5.10 Å². The van der Waals surface area contributed by atoms with Crippen LogP contribution >= 0.6 is 0 Å².